The third-order valence-corrected chi connectivity index (χ3v) is 6.78. The Kier molecular flexibility index (Phi) is 6.48. The summed E-state index contributed by atoms with van der Waals surface area (Å²) in [5.74, 6) is -0.143. The Morgan fingerprint density at radius 3 is 2.40 bits per heavy atom. The van der Waals surface area contributed by atoms with Gasteiger partial charge in [-0.3, -0.25) is 4.79 Å². The van der Waals surface area contributed by atoms with Crippen molar-refractivity contribution in [3.8, 4) is 0 Å². The quantitative estimate of drug-likeness (QED) is 0.818. The van der Waals surface area contributed by atoms with E-state index in [2.05, 4.69) is 10.0 Å². The average molecular weight is 388 g/mol. The van der Waals surface area contributed by atoms with Crippen LogP contribution < -0.4 is 10.0 Å². The van der Waals surface area contributed by atoms with E-state index < -0.39 is 16.1 Å². The lowest BCUT2D eigenvalue weighted by molar-refractivity contribution is -0.134. The fourth-order valence-corrected chi connectivity index (χ4v) is 4.87. The van der Waals surface area contributed by atoms with Gasteiger partial charge in [0.15, 0.2) is 0 Å². The lowest BCUT2D eigenvalue weighted by Gasteiger charge is -2.39. The topological polar surface area (TPSA) is 78.5 Å². The number of carbonyl (C=O) groups excluding carboxylic acids is 1. The predicted molar refractivity (Wildman–Crippen MR) is 99.2 cm³/mol. The SMILES string of the molecule is CC(NS(=O)(=O)c1ccccc1)C(=O)N1CCC2(CCNC2)CC1.Cl. The number of hydrogen-bond acceptors (Lipinski definition) is 4. The van der Waals surface area contributed by atoms with Gasteiger partial charge in [0.1, 0.15) is 0 Å². The van der Waals surface area contributed by atoms with Crippen molar-refractivity contribution in [3.63, 3.8) is 0 Å². The van der Waals surface area contributed by atoms with E-state index in [1.165, 1.54) is 18.6 Å². The van der Waals surface area contributed by atoms with Crippen molar-refractivity contribution in [1.82, 2.24) is 14.9 Å². The van der Waals surface area contributed by atoms with Crippen molar-refractivity contribution in [2.24, 2.45) is 5.41 Å². The first kappa shape index (κ1) is 20.2. The fourth-order valence-electron chi connectivity index (χ4n) is 3.65. The second-order valence-corrected chi connectivity index (χ2v) is 8.62. The summed E-state index contributed by atoms with van der Waals surface area (Å²) in [5.41, 5.74) is 0.337. The van der Waals surface area contributed by atoms with Gasteiger partial charge in [-0.25, -0.2) is 8.42 Å². The van der Waals surface area contributed by atoms with Crippen LogP contribution in [0.4, 0.5) is 0 Å². The van der Waals surface area contributed by atoms with Crippen LogP contribution in [0.2, 0.25) is 0 Å². The van der Waals surface area contributed by atoms with Crippen molar-refractivity contribution in [2.75, 3.05) is 26.2 Å². The van der Waals surface area contributed by atoms with Crippen LogP contribution in [0.25, 0.3) is 0 Å². The summed E-state index contributed by atoms with van der Waals surface area (Å²) >= 11 is 0. The van der Waals surface area contributed by atoms with Crippen molar-refractivity contribution in [3.05, 3.63) is 30.3 Å². The first-order valence-electron chi connectivity index (χ1n) is 8.49. The number of hydrogen-bond donors (Lipinski definition) is 2. The highest BCUT2D eigenvalue weighted by atomic mass is 35.5. The number of rotatable bonds is 4. The van der Waals surface area contributed by atoms with Crippen molar-refractivity contribution in [1.29, 1.82) is 0 Å². The largest absolute Gasteiger partial charge is 0.341 e. The van der Waals surface area contributed by atoms with E-state index in [0.717, 1.165) is 25.9 Å². The standard InChI is InChI=1S/C17H25N3O3S.ClH/c1-14(19-24(22,23)15-5-3-2-4-6-15)16(21)20-11-8-17(9-12-20)7-10-18-13-17;/h2-6,14,18-19H,7-13H2,1H3;1H. The van der Waals surface area contributed by atoms with E-state index >= 15 is 0 Å². The highest BCUT2D eigenvalue weighted by Gasteiger charge is 2.39. The summed E-state index contributed by atoms with van der Waals surface area (Å²) in [5, 5.41) is 3.40. The first-order valence-corrected chi connectivity index (χ1v) is 9.97. The van der Waals surface area contributed by atoms with Crippen molar-refractivity contribution >= 4 is 28.3 Å². The Hall–Kier alpha value is -1.15. The molecule has 2 N–H and O–H groups in total. The number of nitrogens with zero attached hydrogens (tertiary/aromatic N) is 1. The van der Waals surface area contributed by atoms with Crippen LogP contribution in [0.3, 0.4) is 0 Å². The zero-order valence-corrected chi connectivity index (χ0v) is 16.0. The molecule has 8 heteroatoms. The zero-order valence-electron chi connectivity index (χ0n) is 14.4. The third-order valence-electron chi connectivity index (χ3n) is 5.22. The molecule has 25 heavy (non-hydrogen) atoms. The van der Waals surface area contributed by atoms with Gasteiger partial charge >= 0.3 is 0 Å². The third kappa shape index (κ3) is 4.53. The van der Waals surface area contributed by atoms with Crippen LogP contribution >= 0.6 is 12.4 Å². The number of halogens is 1. The molecule has 0 radical (unpaired) electrons. The molecule has 1 amide bonds. The summed E-state index contributed by atoms with van der Waals surface area (Å²) in [6.07, 6.45) is 3.15. The van der Waals surface area contributed by atoms with Gasteiger partial charge in [-0.05, 0) is 50.3 Å². The summed E-state index contributed by atoms with van der Waals surface area (Å²) in [4.78, 5) is 14.6. The number of likely N-dealkylation sites (tertiary alicyclic amines) is 1. The van der Waals surface area contributed by atoms with E-state index in [9.17, 15) is 13.2 Å². The normalized spacial score (nSPS) is 20.9. The molecule has 2 fully saturated rings. The summed E-state index contributed by atoms with van der Waals surface area (Å²) < 4.78 is 27.2. The monoisotopic (exact) mass is 387 g/mol. The van der Waals surface area contributed by atoms with Gasteiger partial charge in [-0.1, -0.05) is 18.2 Å². The smallest absolute Gasteiger partial charge is 0.241 e. The highest BCUT2D eigenvalue weighted by molar-refractivity contribution is 7.89. The van der Waals surface area contributed by atoms with Gasteiger partial charge in [0, 0.05) is 19.6 Å². The molecule has 1 aromatic carbocycles. The van der Waals surface area contributed by atoms with Crippen LogP contribution in [0.15, 0.2) is 35.2 Å². The molecule has 1 atom stereocenters. The summed E-state index contributed by atoms with van der Waals surface area (Å²) in [6, 6.07) is 7.39. The molecule has 3 rings (SSSR count). The number of benzene rings is 1. The highest BCUT2D eigenvalue weighted by Crippen LogP contribution is 2.36. The molecular weight excluding hydrogens is 362 g/mol. The van der Waals surface area contributed by atoms with Crippen molar-refractivity contribution < 1.29 is 13.2 Å². The minimum Gasteiger partial charge on any atom is -0.341 e. The lowest BCUT2D eigenvalue weighted by atomic mass is 9.78. The molecular formula is C17H26ClN3O3S. The number of sulfonamides is 1. The molecule has 0 aliphatic carbocycles. The minimum absolute atomic E-state index is 0. The number of nitrogens with one attached hydrogen (secondary N) is 2. The fraction of sp³-hybridized carbons (Fsp3) is 0.588. The maximum atomic E-state index is 12.6. The maximum absolute atomic E-state index is 12.6. The maximum Gasteiger partial charge on any atom is 0.241 e. The Morgan fingerprint density at radius 1 is 1.20 bits per heavy atom. The van der Waals surface area contributed by atoms with Crippen LogP contribution in [-0.4, -0.2) is 51.4 Å². The molecule has 1 unspecified atom stereocenters. The summed E-state index contributed by atoms with van der Waals surface area (Å²) in [6.45, 7) is 5.12. The molecule has 6 nitrogen and oxygen atoms in total. The molecule has 0 saturated carbocycles. The molecule has 2 saturated heterocycles. The van der Waals surface area contributed by atoms with E-state index in [4.69, 9.17) is 0 Å². The van der Waals surface area contributed by atoms with Crippen LogP contribution in [0, 0.1) is 5.41 Å². The molecule has 140 valence electrons. The van der Waals surface area contributed by atoms with E-state index in [-0.39, 0.29) is 23.2 Å². The Labute approximate surface area is 155 Å². The Balaban J connectivity index is 0.00000225. The van der Waals surface area contributed by atoms with E-state index in [1.807, 2.05) is 0 Å². The van der Waals surface area contributed by atoms with Gasteiger partial charge < -0.3 is 10.2 Å². The lowest BCUT2D eigenvalue weighted by Crippen LogP contribution is -2.51. The Bertz CT molecular complexity index is 680. The van der Waals surface area contributed by atoms with Crippen molar-refractivity contribution in [2.45, 2.75) is 37.1 Å². The van der Waals surface area contributed by atoms with Gasteiger partial charge in [0.05, 0.1) is 10.9 Å². The second kappa shape index (κ2) is 8.03. The number of piperidine rings is 1. The molecule has 1 aromatic rings. The molecule has 2 aliphatic heterocycles. The van der Waals surface area contributed by atoms with Gasteiger partial charge in [-0.15, -0.1) is 12.4 Å². The number of amides is 1. The molecule has 1 spiro atoms. The van der Waals surface area contributed by atoms with Gasteiger partial charge in [-0.2, -0.15) is 4.72 Å². The molecule has 2 aliphatic rings. The Morgan fingerprint density at radius 2 is 1.84 bits per heavy atom. The van der Waals surface area contributed by atoms with Gasteiger partial charge in [0.25, 0.3) is 0 Å². The number of carbonyl (C=O) groups is 1. The van der Waals surface area contributed by atoms with E-state index in [0.29, 0.717) is 18.5 Å². The van der Waals surface area contributed by atoms with Crippen LogP contribution in [0.5, 0.6) is 0 Å². The van der Waals surface area contributed by atoms with E-state index in [1.54, 1.807) is 30.0 Å². The average Bonchev–Trinajstić information content (AvgIpc) is 3.03. The molecule has 2 heterocycles. The van der Waals surface area contributed by atoms with Gasteiger partial charge in [0.2, 0.25) is 15.9 Å². The first-order chi connectivity index (χ1) is 11.4. The van der Waals surface area contributed by atoms with Crippen LogP contribution in [0.1, 0.15) is 26.2 Å². The van der Waals surface area contributed by atoms with Crippen LogP contribution in [-0.2, 0) is 14.8 Å². The predicted octanol–water partition coefficient (Wildman–Crippen LogP) is 1.38. The molecule has 0 bridgehead atoms. The molecule has 0 aromatic heterocycles. The second-order valence-electron chi connectivity index (χ2n) is 6.91. The minimum atomic E-state index is -3.67. The summed E-state index contributed by atoms with van der Waals surface area (Å²) in [7, 11) is -3.67. The zero-order chi connectivity index (χ0) is 17.2.